The van der Waals surface area contributed by atoms with E-state index in [1.54, 1.807) is 0 Å². The maximum absolute atomic E-state index is 3.62. The number of nitrogens with one attached hydrogen (secondary N) is 1. The van der Waals surface area contributed by atoms with Gasteiger partial charge in [-0.3, -0.25) is 0 Å². The summed E-state index contributed by atoms with van der Waals surface area (Å²) in [5.41, 5.74) is 1.42. The molecule has 0 bridgehead atoms. The number of thiophene rings is 1. The molecule has 1 unspecified atom stereocenters. The topological polar surface area (TPSA) is 15.3 Å². The highest BCUT2D eigenvalue weighted by Crippen LogP contribution is 2.23. The molecule has 1 aliphatic rings. The van der Waals surface area contributed by atoms with Gasteiger partial charge in [0.05, 0.1) is 0 Å². The van der Waals surface area contributed by atoms with E-state index in [-0.39, 0.29) is 0 Å². The van der Waals surface area contributed by atoms with Crippen molar-refractivity contribution in [3.8, 4) is 0 Å². The molecule has 0 amide bonds. The van der Waals surface area contributed by atoms with Gasteiger partial charge in [-0.15, -0.1) is 11.3 Å². The molecule has 1 N–H and O–H groups in total. The zero-order chi connectivity index (χ0) is 11.4. The first-order valence-electron chi connectivity index (χ1n) is 6.27. The Hall–Kier alpha value is -0.380. The van der Waals surface area contributed by atoms with Crippen LogP contribution in [0.25, 0.3) is 0 Å². The van der Waals surface area contributed by atoms with Crippen molar-refractivity contribution in [2.75, 3.05) is 26.2 Å². The van der Waals surface area contributed by atoms with Crippen LogP contribution in [0.1, 0.15) is 36.2 Å². The monoisotopic (exact) mass is 238 g/mol. The van der Waals surface area contributed by atoms with Gasteiger partial charge in [0.2, 0.25) is 0 Å². The standard InChI is InChI=1S/C13H22N2S/c1-11-5-10-16-13(11)12(2)14-6-9-15-7-3-4-8-15/h5,10,12,14H,3-4,6-9H2,1-2H3. The summed E-state index contributed by atoms with van der Waals surface area (Å²) in [6.07, 6.45) is 2.78. The van der Waals surface area contributed by atoms with Crippen molar-refractivity contribution in [1.29, 1.82) is 0 Å². The molecule has 1 aromatic rings. The van der Waals surface area contributed by atoms with Crippen molar-refractivity contribution in [1.82, 2.24) is 10.2 Å². The van der Waals surface area contributed by atoms with Crippen LogP contribution < -0.4 is 5.32 Å². The number of aryl methyl sites for hydroxylation is 1. The Balaban J connectivity index is 1.71. The smallest absolute Gasteiger partial charge is 0.0389 e. The van der Waals surface area contributed by atoms with Gasteiger partial charge in [0, 0.05) is 24.0 Å². The molecule has 1 aromatic heterocycles. The van der Waals surface area contributed by atoms with Crippen LogP contribution in [0.3, 0.4) is 0 Å². The fraction of sp³-hybridized carbons (Fsp3) is 0.692. The third-order valence-electron chi connectivity index (χ3n) is 3.37. The fourth-order valence-electron chi connectivity index (χ4n) is 2.37. The molecule has 0 aromatic carbocycles. The Labute approximate surface area is 103 Å². The number of rotatable bonds is 5. The summed E-state index contributed by atoms with van der Waals surface area (Å²) in [5.74, 6) is 0. The molecule has 2 heterocycles. The van der Waals surface area contributed by atoms with Crippen LogP contribution >= 0.6 is 11.3 Å². The lowest BCUT2D eigenvalue weighted by Gasteiger charge is -2.18. The number of likely N-dealkylation sites (tertiary alicyclic amines) is 1. The maximum atomic E-state index is 3.62. The molecule has 1 saturated heterocycles. The lowest BCUT2D eigenvalue weighted by Crippen LogP contribution is -2.31. The van der Waals surface area contributed by atoms with E-state index in [4.69, 9.17) is 0 Å². The van der Waals surface area contributed by atoms with E-state index in [9.17, 15) is 0 Å². The van der Waals surface area contributed by atoms with Crippen molar-refractivity contribution in [2.45, 2.75) is 32.7 Å². The summed E-state index contributed by atoms with van der Waals surface area (Å²) in [6.45, 7) is 9.38. The second-order valence-corrected chi connectivity index (χ2v) is 5.64. The molecule has 1 fully saturated rings. The van der Waals surface area contributed by atoms with Gasteiger partial charge in [-0.2, -0.15) is 0 Å². The van der Waals surface area contributed by atoms with Gasteiger partial charge in [-0.25, -0.2) is 0 Å². The molecule has 2 rings (SSSR count). The summed E-state index contributed by atoms with van der Waals surface area (Å²) in [4.78, 5) is 4.04. The number of hydrogen-bond acceptors (Lipinski definition) is 3. The average Bonchev–Trinajstić information content (AvgIpc) is 2.88. The fourth-order valence-corrected chi connectivity index (χ4v) is 3.33. The van der Waals surface area contributed by atoms with Crippen LogP contribution in [-0.2, 0) is 0 Å². The van der Waals surface area contributed by atoms with Crippen LogP contribution in [-0.4, -0.2) is 31.1 Å². The van der Waals surface area contributed by atoms with Gasteiger partial charge >= 0.3 is 0 Å². The van der Waals surface area contributed by atoms with Gasteiger partial charge in [-0.1, -0.05) is 0 Å². The van der Waals surface area contributed by atoms with E-state index < -0.39 is 0 Å². The van der Waals surface area contributed by atoms with Gasteiger partial charge < -0.3 is 10.2 Å². The van der Waals surface area contributed by atoms with E-state index in [2.05, 4.69) is 35.5 Å². The lowest BCUT2D eigenvalue weighted by atomic mass is 10.2. The first-order valence-corrected chi connectivity index (χ1v) is 7.15. The molecular weight excluding hydrogens is 216 g/mol. The maximum Gasteiger partial charge on any atom is 0.0389 e. The second kappa shape index (κ2) is 5.80. The zero-order valence-electron chi connectivity index (χ0n) is 10.3. The number of hydrogen-bond donors (Lipinski definition) is 1. The van der Waals surface area contributed by atoms with E-state index in [0.717, 1.165) is 6.54 Å². The molecule has 0 aliphatic carbocycles. The Kier molecular flexibility index (Phi) is 4.38. The highest BCUT2D eigenvalue weighted by Gasteiger charge is 2.12. The first kappa shape index (κ1) is 12.1. The Bertz CT molecular complexity index is 315. The highest BCUT2D eigenvalue weighted by atomic mass is 32.1. The number of nitrogens with zero attached hydrogens (tertiary/aromatic N) is 1. The Morgan fingerprint density at radius 3 is 2.81 bits per heavy atom. The Morgan fingerprint density at radius 1 is 1.44 bits per heavy atom. The van der Waals surface area contributed by atoms with Crippen molar-refractivity contribution in [3.05, 3.63) is 21.9 Å². The van der Waals surface area contributed by atoms with Crippen LogP contribution in [0.4, 0.5) is 0 Å². The zero-order valence-corrected chi connectivity index (χ0v) is 11.1. The Morgan fingerprint density at radius 2 is 2.19 bits per heavy atom. The van der Waals surface area contributed by atoms with Gasteiger partial charge in [0.25, 0.3) is 0 Å². The third kappa shape index (κ3) is 3.06. The SMILES string of the molecule is Cc1ccsc1C(C)NCCN1CCCC1. The first-order chi connectivity index (χ1) is 7.77. The predicted molar refractivity (Wildman–Crippen MR) is 71.1 cm³/mol. The molecule has 90 valence electrons. The molecule has 1 aliphatic heterocycles. The normalized spacial score (nSPS) is 19.1. The van der Waals surface area contributed by atoms with Gasteiger partial charge in [0.15, 0.2) is 0 Å². The summed E-state index contributed by atoms with van der Waals surface area (Å²) < 4.78 is 0. The van der Waals surface area contributed by atoms with Crippen LogP contribution in [0.15, 0.2) is 11.4 Å². The van der Waals surface area contributed by atoms with Crippen LogP contribution in [0.2, 0.25) is 0 Å². The summed E-state index contributed by atoms with van der Waals surface area (Å²) in [6, 6.07) is 2.71. The molecule has 0 saturated carbocycles. The molecule has 0 spiro atoms. The van der Waals surface area contributed by atoms with E-state index in [0.29, 0.717) is 6.04 Å². The average molecular weight is 238 g/mol. The largest absolute Gasteiger partial charge is 0.308 e. The second-order valence-electron chi connectivity index (χ2n) is 4.69. The van der Waals surface area contributed by atoms with Gasteiger partial charge in [0.1, 0.15) is 0 Å². The summed E-state index contributed by atoms with van der Waals surface area (Å²) in [7, 11) is 0. The molecule has 3 heteroatoms. The van der Waals surface area contributed by atoms with Crippen molar-refractivity contribution >= 4 is 11.3 Å². The van der Waals surface area contributed by atoms with Crippen molar-refractivity contribution in [3.63, 3.8) is 0 Å². The predicted octanol–water partition coefficient (Wildman–Crippen LogP) is 2.80. The summed E-state index contributed by atoms with van der Waals surface area (Å²) >= 11 is 1.86. The highest BCUT2D eigenvalue weighted by molar-refractivity contribution is 7.10. The molecule has 2 nitrogen and oxygen atoms in total. The van der Waals surface area contributed by atoms with Crippen LogP contribution in [0.5, 0.6) is 0 Å². The van der Waals surface area contributed by atoms with E-state index in [1.807, 2.05) is 11.3 Å². The minimum Gasteiger partial charge on any atom is -0.308 e. The quantitative estimate of drug-likeness (QED) is 0.848. The molecular formula is C13H22N2S. The molecule has 0 radical (unpaired) electrons. The minimum absolute atomic E-state index is 0.502. The van der Waals surface area contributed by atoms with E-state index in [1.165, 1.54) is 42.9 Å². The van der Waals surface area contributed by atoms with Crippen molar-refractivity contribution in [2.24, 2.45) is 0 Å². The summed E-state index contributed by atoms with van der Waals surface area (Å²) in [5, 5.41) is 5.81. The molecule has 1 atom stereocenters. The van der Waals surface area contributed by atoms with Crippen molar-refractivity contribution < 1.29 is 0 Å². The third-order valence-corrected chi connectivity index (χ3v) is 4.57. The minimum atomic E-state index is 0.502. The van der Waals surface area contributed by atoms with Gasteiger partial charge in [-0.05, 0) is 56.8 Å². The van der Waals surface area contributed by atoms with E-state index >= 15 is 0 Å². The molecule has 16 heavy (non-hydrogen) atoms. The van der Waals surface area contributed by atoms with Crippen LogP contribution in [0, 0.1) is 6.92 Å². The lowest BCUT2D eigenvalue weighted by molar-refractivity contribution is 0.330.